The Bertz CT molecular complexity index is 543. The molecular weight excluding hydrogens is 284 g/mol. The van der Waals surface area contributed by atoms with E-state index in [2.05, 4.69) is 6.92 Å². The summed E-state index contributed by atoms with van der Waals surface area (Å²) in [5, 5.41) is 12.4. The van der Waals surface area contributed by atoms with Crippen LogP contribution in [0, 0.1) is 10.1 Å². The quantitative estimate of drug-likeness (QED) is 0.433. The second-order valence-electron chi connectivity index (χ2n) is 3.72. The number of pyridine rings is 1. The zero-order valence-electron chi connectivity index (χ0n) is 9.47. The molecule has 0 amide bonds. The highest BCUT2D eigenvalue weighted by molar-refractivity contribution is 5.89. The van der Waals surface area contributed by atoms with Gasteiger partial charge in [-0.15, -0.1) is 0 Å². The Morgan fingerprint density at radius 3 is 2.76 bits per heavy atom. The van der Waals surface area contributed by atoms with E-state index in [1.807, 2.05) is 29.1 Å². The summed E-state index contributed by atoms with van der Waals surface area (Å²) in [6, 6.07) is 6.96. The maximum atomic E-state index is 10.8. The average Bonchev–Trinajstić information content (AvgIpc) is 2.28. The van der Waals surface area contributed by atoms with Crippen molar-refractivity contribution in [1.82, 2.24) is 0 Å². The van der Waals surface area contributed by atoms with Crippen molar-refractivity contribution in [3.63, 3.8) is 0 Å². The third kappa shape index (κ3) is 2.79. The van der Waals surface area contributed by atoms with Gasteiger partial charge in [0.05, 0.1) is 15.7 Å². The van der Waals surface area contributed by atoms with Gasteiger partial charge in [0.2, 0.25) is 0 Å². The van der Waals surface area contributed by atoms with Crippen molar-refractivity contribution in [2.24, 2.45) is 0 Å². The van der Waals surface area contributed by atoms with Crippen molar-refractivity contribution in [2.45, 2.75) is 19.9 Å². The van der Waals surface area contributed by atoms with Crippen LogP contribution in [-0.2, 0) is 6.54 Å². The van der Waals surface area contributed by atoms with Gasteiger partial charge >= 0.3 is 0 Å². The Kier molecular flexibility index (Phi) is 4.57. The molecule has 0 radical (unpaired) electrons. The maximum Gasteiger partial charge on any atom is 0.277 e. The number of non-ortho nitro benzene ring substituents is 1. The number of nitro groups is 1. The lowest BCUT2D eigenvalue weighted by atomic mass is 10.1. The van der Waals surface area contributed by atoms with Crippen LogP contribution >= 0.6 is 0 Å². The minimum absolute atomic E-state index is 0. The highest BCUT2D eigenvalue weighted by atomic mass is 79.9. The van der Waals surface area contributed by atoms with Crippen LogP contribution < -0.4 is 21.5 Å². The van der Waals surface area contributed by atoms with Gasteiger partial charge in [0.1, 0.15) is 6.54 Å². The number of nitro benzene ring substituents is 1. The number of aryl methyl sites for hydroxylation is 1. The molecule has 4 nitrogen and oxygen atoms in total. The smallest absolute Gasteiger partial charge is 0.277 e. The first-order valence-electron chi connectivity index (χ1n) is 5.28. The van der Waals surface area contributed by atoms with Gasteiger partial charge < -0.3 is 17.0 Å². The number of hydrogen-bond acceptors (Lipinski definition) is 2. The molecule has 0 saturated heterocycles. The molecule has 0 fully saturated rings. The summed E-state index contributed by atoms with van der Waals surface area (Å²) < 4.78 is 2.05. The molecule has 0 N–H and O–H groups in total. The van der Waals surface area contributed by atoms with Gasteiger partial charge in [-0.05, 0) is 6.07 Å². The molecule has 1 aromatic heterocycles. The van der Waals surface area contributed by atoms with Crippen molar-refractivity contribution >= 4 is 16.5 Å². The van der Waals surface area contributed by atoms with Gasteiger partial charge in [-0.25, -0.2) is 4.57 Å². The first kappa shape index (κ1) is 13.6. The fraction of sp³-hybridized carbons (Fsp3) is 0.250. The monoisotopic (exact) mass is 296 g/mol. The van der Waals surface area contributed by atoms with E-state index >= 15 is 0 Å². The van der Waals surface area contributed by atoms with Crippen LogP contribution in [0.25, 0.3) is 10.8 Å². The lowest BCUT2D eigenvalue weighted by Gasteiger charge is -1.99. The van der Waals surface area contributed by atoms with E-state index in [9.17, 15) is 10.1 Å². The van der Waals surface area contributed by atoms with Crippen molar-refractivity contribution in [1.29, 1.82) is 0 Å². The Labute approximate surface area is 110 Å². The summed E-state index contributed by atoms with van der Waals surface area (Å²) in [7, 11) is 0. The maximum absolute atomic E-state index is 10.8. The molecule has 5 heteroatoms. The van der Waals surface area contributed by atoms with Crippen LogP contribution in [0.2, 0.25) is 0 Å². The van der Waals surface area contributed by atoms with Gasteiger partial charge in [0.25, 0.3) is 5.69 Å². The molecule has 0 spiro atoms. The summed E-state index contributed by atoms with van der Waals surface area (Å²) in [4.78, 5) is 10.5. The molecule has 2 aromatic rings. The summed E-state index contributed by atoms with van der Waals surface area (Å²) in [6.45, 7) is 3.03. The van der Waals surface area contributed by atoms with E-state index in [1.54, 1.807) is 6.07 Å². The standard InChI is InChI=1S/C12H13N2O2.BrH/c1-2-7-13-8-6-11-10(9-13)4-3-5-12(11)14(15)16;/h3-6,8-9H,2,7H2,1H3;1H/q+1;/p-1. The zero-order valence-corrected chi connectivity index (χ0v) is 11.1. The fourth-order valence-electron chi connectivity index (χ4n) is 1.81. The molecule has 0 aliphatic heterocycles. The molecule has 0 atom stereocenters. The highest BCUT2D eigenvalue weighted by Crippen LogP contribution is 2.23. The zero-order chi connectivity index (χ0) is 11.5. The number of benzene rings is 1. The Hall–Kier alpha value is -1.49. The molecule has 0 bridgehead atoms. The molecular formula is C12H13BrN2O2. The van der Waals surface area contributed by atoms with Crippen LogP contribution in [0.3, 0.4) is 0 Å². The second-order valence-corrected chi connectivity index (χ2v) is 3.72. The van der Waals surface area contributed by atoms with E-state index in [4.69, 9.17) is 0 Å². The molecule has 1 heterocycles. The summed E-state index contributed by atoms with van der Waals surface area (Å²) in [6.07, 6.45) is 4.88. The minimum Gasteiger partial charge on any atom is -1.00 e. The van der Waals surface area contributed by atoms with Crippen LogP contribution in [0.15, 0.2) is 36.7 Å². The third-order valence-electron chi connectivity index (χ3n) is 2.53. The Morgan fingerprint density at radius 2 is 2.12 bits per heavy atom. The van der Waals surface area contributed by atoms with Gasteiger partial charge in [0, 0.05) is 18.6 Å². The lowest BCUT2D eigenvalue weighted by molar-refractivity contribution is -0.695. The van der Waals surface area contributed by atoms with E-state index in [0.717, 1.165) is 18.4 Å². The number of aromatic nitrogens is 1. The van der Waals surface area contributed by atoms with Crippen LogP contribution in [-0.4, -0.2) is 4.92 Å². The van der Waals surface area contributed by atoms with Gasteiger partial charge in [0.15, 0.2) is 12.4 Å². The summed E-state index contributed by atoms with van der Waals surface area (Å²) in [5.41, 5.74) is 0.168. The number of fused-ring (bicyclic) bond motifs is 1. The number of halogens is 1. The molecule has 2 rings (SSSR count). The minimum atomic E-state index is -0.341. The normalized spacial score (nSPS) is 9.94. The van der Waals surface area contributed by atoms with E-state index in [0.29, 0.717) is 5.39 Å². The predicted molar refractivity (Wildman–Crippen MR) is 61.1 cm³/mol. The van der Waals surface area contributed by atoms with Gasteiger partial charge in [-0.3, -0.25) is 10.1 Å². The highest BCUT2D eigenvalue weighted by Gasteiger charge is 2.13. The van der Waals surface area contributed by atoms with Crippen molar-refractivity contribution in [3.8, 4) is 0 Å². The van der Waals surface area contributed by atoms with Crippen molar-refractivity contribution in [2.75, 3.05) is 0 Å². The van der Waals surface area contributed by atoms with Crippen molar-refractivity contribution in [3.05, 3.63) is 46.8 Å². The largest absolute Gasteiger partial charge is 1.00 e. The second kappa shape index (κ2) is 5.72. The molecule has 17 heavy (non-hydrogen) atoms. The van der Waals surface area contributed by atoms with Gasteiger partial charge in [-0.1, -0.05) is 13.0 Å². The fourth-order valence-corrected chi connectivity index (χ4v) is 1.81. The summed E-state index contributed by atoms with van der Waals surface area (Å²) >= 11 is 0. The van der Waals surface area contributed by atoms with Crippen LogP contribution in [0.5, 0.6) is 0 Å². The number of hydrogen-bond donors (Lipinski definition) is 0. The average molecular weight is 297 g/mol. The van der Waals surface area contributed by atoms with Crippen LogP contribution in [0.4, 0.5) is 5.69 Å². The Morgan fingerprint density at radius 1 is 1.35 bits per heavy atom. The SMILES string of the molecule is CCC[n+]1ccc2c([N+](=O)[O-])cccc2c1.[Br-]. The molecule has 1 aromatic carbocycles. The predicted octanol–water partition coefficient (Wildman–Crippen LogP) is -0.550. The molecule has 0 aliphatic rings. The molecule has 0 unspecified atom stereocenters. The third-order valence-corrected chi connectivity index (χ3v) is 2.53. The van der Waals surface area contributed by atoms with E-state index < -0.39 is 0 Å². The Balaban J connectivity index is 0.00000144. The number of nitrogens with zero attached hydrogens (tertiary/aromatic N) is 2. The number of rotatable bonds is 3. The first-order valence-corrected chi connectivity index (χ1v) is 5.28. The van der Waals surface area contributed by atoms with Crippen molar-refractivity contribution < 1.29 is 26.5 Å². The van der Waals surface area contributed by atoms with Crippen LogP contribution in [0.1, 0.15) is 13.3 Å². The molecule has 0 aliphatic carbocycles. The topological polar surface area (TPSA) is 47.0 Å². The molecule has 90 valence electrons. The summed E-state index contributed by atoms with van der Waals surface area (Å²) in [5.74, 6) is 0. The first-order chi connectivity index (χ1) is 7.72. The molecule has 0 saturated carbocycles. The van der Waals surface area contributed by atoms with E-state index in [1.165, 1.54) is 6.07 Å². The van der Waals surface area contributed by atoms with E-state index in [-0.39, 0.29) is 27.6 Å². The lowest BCUT2D eigenvalue weighted by Crippen LogP contribution is -3.00. The van der Waals surface area contributed by atoms with Gasteiger partial charge in [-0.2, -0.15) is 0 Å².